The van der Waals surface area contributed by atoms with Gasteiger partial charge in [0, 0.05) is 12.1 Å². The van der Waals surface area contributed by atoms with Gasteiger partial charge in [0.1, 0.15) is 12.1 Å². The van der Waals surface area contributed by atoms with Crippen LogP contribution in [0.3, 0.4) is 0 Å². The highest BCUT2D eigenvalue weighted by atomic mass is 79.9. The third kappa shape index (κ3) is 6.88. The number of halogens is 1. The number of nitrogens with one attached hydrogen (secondary N) is 2. The zero-order valence-corrected chi connectivity index (χ0v) is 18.8. The molecular weight excluding hydrogens is 470 g/mol. The summed E-state index contributed by atoms with van der Waals surface area (Å²) in [5.74, 6) is -3.07. The van der Waals surface area contributed by atoms with Crippen LogP contribution < -0.4 is 10.6 Å². The highest BCUT2D eigenvalue weighted by Crippen LogP contribution is 2.16. The number of hydrogen-bond acceptors (Lipinski definition) is 5. The molecule has 3 amide bonds. The molecule has 10 heteroatoms. The van der Waals surface area contributed by atoms with Crippen molar-refractivity contribution in [3.8, 4) is 0 Å². The fraction of sp³-hybridized carbons (Fsp3) is 0.476. The molecule has 0 aliphatic carbocycles. The lowest BCUT2D eigenvalue weighted by Gasteiger charge is -2.30. The Morgan fingerprint density at radius 1 is 1.19 bits per heavy atom. The molecule has 168 valence electrons. The van der Waals surface area contributed by atoms with Gasteiger partial charge in [-0.15, -0.1) is 0 Å². The Morgan fingerprint density at radius 2 is 1.87 bits per heavy atom. The van der Waals surface area contributed by atoms with Crippen molar-refractivity contribution in [2.45, 2.75) is 50.7 Å². The van der Waals surface area contributed by atoms with Gasteiger partial charge in [-0.1, -0.05) is 34.1 Å². The molecule has 1 aromatic carbocycles. The molecule has 3 atom stereocenters. The summed E-state index contributed by atoms with van der Waals surface area (Å²) in [6.45, 7) is 1.84. The summed E-state index contributed by atoms with van der Waals surface area (Å²) in [4.78, 5) is 62.6. The Hall–Kier alpha value is -2.75. The van der Waals surface area contributed by atoms with Crippen molar-refractivity contribution >= 4 is 45.4 Å². The molecule has 0 bridgehead atoms. The van der Waals surface area contributed by atoms with Crippen LogP contribution in [-0.4, -0.2) is 69.5 Å². The number of hydrogen-bond donors (Lipinski definition) is 3. The molecule has 2 rings (SSSR count). The fourth-order valence-corrected chi connectivity index (χ4v) is 3.75. The van der Waals surface area contributed by atoms with Crippen molar-refractivity contribution in [2.75, 3.05) is 11.9 Å². The molecule has 1 fully saturated rings. The first-order chi connectivity index (χ1) is 14.7. The number of aliphatic carboxylic acids is 1. The first-order valence-corrected chi connectivity index (χ1v) is 11.1. The van der Waals surface area contributed by atoms with E-state index in [-0.39, 0.29) is 17.1 Å². The number of carboxylic acids is 1. The zero-order valence-electron chi connectivity index (χ0n) is 17.2. The molecule has 2 unspecified atom stereocenters. The van der Waals surface area contributed by atoms with Gasteiger partial charge in [0.25, 0.3) is 5.91 Å². The molecule has 1 aliphatic rings. The van der Waals surface area contributed by atoms with Crippen LogP contribution in [0.2, 0.25) is 0 Å². The molecule has 0 aromatic heterocycles. The van der Waals surface area contributed by atoms with Gasteiger partial charge in [0.2, 0.25) is 11.8 Å². The van der Waals surface area contributed by atoms with E-state index in [4.69, 9.17) is 5.11 Å². The number of nitrogens with zero attached hydrogens (tertiary/aromatic N) is 1. The van der Waals surface area contributed by atoms with Gasteiger partial charge in [-0.2, -0.15) is 0 Å². The van der Waals surface area contributed by atoms with E-state index < -0.39 is 42.2 Å². The van der Waals surface area contributed by atoms with Crippen molar-refractivity contribution in [1.29, 1.82) is 0 Å². The number of carboxylic acid groups (broad SMARTS) is 1. The number of alkyl halides is 1. The zero-order chi connectivity index (χ0) is 23.0. The fourth-order valence-electron chi connectivity index (χ4n) is 3.36. The van der Waals surface area contributed by atoms with Gasteiger partial charge in [-0.3, -0.25) is 24.0 Å². The molecule has 0 radical (unpaired) electrons. The monoisotopic (exact) mass is 495 g/mol. The van der Waals surface area contributed by atoms with E-state index >= 15 is 0 Å². The maximum atomic E-state index is 13.1. The summed E-state index contributed by atoms with van der Waals surface area (Å²) in [5.41, 5.74) is 0.432. The summed E-state index contributed by atoms with van der Waals surface area (Å²) in [6.07, 6.45) is 1.25. The number of benzene rings is 1. The van der Waals surface area contributed by atoms with E-state index in [0.717, 1.165) is 0 Å². The van der Waals surface area contributed by atoms with Crippen molar-refractivity contribution in [3.05, 3.63) is 35.9 Å². The van der Waals surface area contributed by atoms with Gasteiger partial charge in [-0.25, -0.2) is 0 Å². The Labute approximate surface area is 188 Å². The molecule has 3 N–H and O–H groups in total. The molecule has 0 saturated carbocycles. The lowest BCUT2D eigenvalue weighted by molar-refractivity contribution is -0.143. The minimum absolute atomic E-state index is 0.101. The average Bonchev–Trinajstić information content (AvgIpc) is 2.93. The van der Waals surface area contributed by atoms with Crippen LogP contribution in [-0.2, 0) is 19.2 Å². The number of ketones is 1. The maximum Gasteiger partial charge on any atom is 0.305 e. The number of carbonyl (C=O) groups is 5. The topological polar surface area (TPSA) is 133 Å². The van der Waals surface area contributed by atoms with E-state index in [0.29, 0.717) is 31.4 Å². The Bertz CT molecular complexity index is 832. The maximum absolute atomic E-state index is 13.1. The predicted octanol–water partition coefficient (Wildman–Crippen LogP) is 1.11. The number of likely N-dealkylation sites (tertiary alicyclic amines) is 1. The third-order valence-electron chi connectivity index (χ3n) is 5.13. The van der Waals surface area contributed by atoms with E-state index in [1.54, 1.807) is 30.3 Å². The van der Waals surface area contributed by atoms with Crippen molar-refractivity contribution in [2.24, 2.45) is 0 Å². The SMILES string of the molecule is CC(C(=O)NC(CC(=O)O)C(=O)CBr)N1CCCC[C@H](NC(=O)c2ccccc2)C1=O. The normalized spacial score (nSPS) is 18.5. The van der Waals surface area contributed by atoms with Gasteiger partial charge >= 0.3 is 5.97 Å². The molecule has 9 nitrogen and oxygen atoms in total. The van der Waals surface area contributed by atoms with Crippen LogP contribution in [0, 0.1) is 0 Å². The summed E-state index contributed by atoms with van der Waals surface area (Å²) in [6, 6.07) is 5.64. The average molecular weight is 496 g/mol. The van der Waals surface area contributed by atoms with E-state index in [9.17, 15) is 24.0 Å². The molecule has 1 saturated heterocycles. The second-order valence-electron chi connectivity index (χ2n) is 7.35. The number of Topliss-reactive ketones (excluding diaryl/α,β-unsaturated/α-hetero) is 1. The summed E-state index contributed by atoms with van der Waals surface area (Å²) in [7, 11) is 0. The predicted molar refractivity (Wildman–Crippen MR) is 116 cm³/mol. The van der Waals surface area contributed by atoms with Crippen molar-refractivity contribution in [3.63, 3.8) is 0 Å². The van der Waals surface area contributed by atoms with Crippen molar-refractivity contribution < 1.29 is 29.1 Å². The van der Waals surface area contributed by atoms with Crippen molar-refractivity contribution in [1.82, 2.24) is 15.5 Å². The Kier molecular flexibility index (Phi) is 9.17. The lowest BCUT2D eigenvalue weighted by atomic mass is 10.1. The van der Waals surface area contributed by atoms with Gasteiger partial charge in [-0.05, 0) is 38.3 Å². The van der Waals surface area contributed by atoms with E-state index in [1.165, 1.54) is 11.8 Å². The Morgan fingerprint density at radius 3 is 2.48 bits per heavy atom. The van der Waals surface area contributed by atoms with Gasteiger partial charge in [0.15, 0.2) is 5.78 Å². The quantitative estimate of drug-likeness (QED) is 0.439. The van der Waals surface area contributed by atoms with Crippen LogP contribution in [0.4, 0.5) is 0 Å². The van der Waals surface area contributed by atoms with Crippen LogP contribution in [0.15, 0.2) is 30.3 Å². The molecule has 31 heavy (non-hydrogen) atoms. The number of rotatable bonds is 9. The first kappa shape index (κ1) is 24.5. The largest absolute Gasteiger partial charge is 0.481 e. The summed E-state index contributed by atoms with van der Waals surface area (Å²) >= 11 is 2.98. The van der Waals surface area contributed by atoms with Gasteiger partial charge in [0.05, 0.1) is 17.8 Å². The van der Waals surface area contributed by atoms with Crippen LogP contribution in [0.5, 0.6) is 0 Å². The minimum Gasteiger partial charge on any atom is -0.481 e. The second-order valence-corrected chi connectivity index (χ2v) is 7.92. The number of carbonyl (C=O) groups excluding carboxylic acids is 4. The number of amides is 3. The minimum atomic E-state index is -1.22. The summed E-state index contributed by atoms with van der Waals surface area (Å²) < 4.78 is 0. The third-order valence-corrected chi connectivity index (χ3v) is 5.68. The van der Waals surface area contributed by atoms with Crippen LogP contribution >= 0.6 is 15.9 Å². The first-order valence-electron chi connectivity index (χ1n) is 10.0. The molecular formula is C21H26BrN3O6. The second kappa shape index (κ2) is 11.6. The van der Waals surface area contributed by atoms with E-state index in [1.807, 2.05) is 0 Å². The molecule has 1 aliphatic heterocycles. The van der Waals surface area contributed by atoms with Crippen LogP contribution in [0.25, 0.3) is 0 Å². The van der Waals surface area contributed by atoms with Crippen LogP contribution in [0.1, 0.15) is 43.0 Å². The molecule has 0 spiro atoms. The van der Waals surface area contributed by atoms with E-state index in [2.05, 4.69) is 26.6 Å². The highest BCUT2D eigenvalue weighted by molar-refractivity contribution is 9.09. The smallest absolute Gasteiger partial charge is 0.305 e. The summed E-state index contributed by atoms with van der Waals surface area (Å²) in [5, 5.41) is 14.1. The molecule has 1 heterocycles. The Balaban J connectivity index is 2.09. The van der Waals surface area contributed by atoms with Gasteiger partial charge < -0.3 is 20.6 Å². The highest BCUT2D eigenvalue weighted by Gasteiger charge is 2.35. The standard InChI is InChI=1S/C21H26BrN3O6/c1-13(19(29)24-16(11-18(27)28)17(26)12-22)25-10-6-5-9-15(21(25)31)23-20(30)14-7-3-2-4-8-14/h2-4,7-8,13,15-16H,5-6,9-12H2,1H3,(H,23,30)(H,24,29)(H,27,28)/t13?,15-,16?/m0/s1. The molecule has 1 aromatic rings. The lowest BCUT2D eigenvalue weighted by Crippen LogP contribution is -2.56.